The molecule has 0 fully saturated rings. The smallest absolute Gasteiger partial charge is 0.252 e. The van der Waals surface area contributed by atoms with Crippen LogP contribution in [0.5, 0.6) is 0 Å². The largest absolute Gasteiger partial charge is 0.396 e. The third-order valence-corrected chi connectivity index (χ3v) is 3.01. The second-order valence-corrected chi connectivity index (χ2v) is 4.95. The quantitative estimate of drug-likeness (QED) is 0.747. The summed E-state index contributed by atoms with van der Waals surface area (Å²) in [6.07, 6.45) is 0.546. The van der Waals surface area contributed by atoms with E-state index in [9.17, 15) is 4.79 Å². The van der Waals surface area contributed by atoms with Crippen molar-refractivity contribution in [3.63, 3.8) is 0 Å². The molecule has 1 amide bonds. The van der Waals surface area contributed by atoms with Gasteiger partial charge in [0.2, 0.25) is 0 Å². The fourth-order valence-electron chi connectivity index (χ4n) is 1.26. The Balaban J connectivity index is 2.73. The Morgan fingerprint density at radius 1 is 1.62 bits per heavy atom. The number of hydrogen-bond acceptors (Lipinski definition) is 3. The third-order valence-electron chi connectivity index (χ3n) is 2.14. The molecule has 3 nitrogen and oxygen atoms in total. The molecule has 0 bridgehead atoms. The number of aliphatic hydroxyl groups is 1. The number of rotatable bonds is 4. The molecular formula is C11H14BrNO2S. The van der Waals surface area contributed by atoms with Crippen molar-refractivity contribution in [3.8, 4) is 0 Å². The topological polar surface area (TPSA) is 49.3 Å². The van der Waals surface area contributed by atoms with Crippen molar-refractivity contribution in [1.29, 1.82) is 0 Å². The lowest BCUT2D eigenvalue weighted by atomic mass is 10.2. The minimum absolute atomic E-state index is 0.0473. The summed E-state index contributed by atoms with van der Waals surface area (Å²) >= 11 is 7.55. The van der Waals surface area contributed by atoms with Gasteiger partial charge in [0.25, 0.3) is 5.91 Å². The first-order valence-electron chi connectivity index (χ1n) is 4.95. The van der Waals surface area contributed by atoms with Gasteiger partial charge in [-0.25, -0.2) is 0 Å². The molecule has 0 heterocycles. The van der Waals surface area contributed by atoms with Crippen molar-refractivity contribution in [2.45, 2.75) is 24.3 Å². The van der Waals surface area contributed by atoms with Crippen molar-refractivity contribution < 1.29 is 9.90 Å². The summed E-state index contributed by atoms with van der Waals surface area (Å²) < 4.78 is 0.887. The second-order valence-electron chi connectivity index (χ2n) is 3.55. The fourth-order valence-corrected chi connectivity index (χ4v) is 2.12. The van der Waals surface area contributed by atoms with Crippen LogP contribution in [-0.2, 0) is 0 Å². The summed E-state index contributed by atoms with van der Waals surface area (Å²) in [5.74, 6) is -0.168. The van der Waals surface area contributed by atoms with Crippen LogP contribution in [0.15, 0.2) is 27.6 Å². The normalized spacial score (nSPS) is 12.2. The SMILES string of the molecule is CC(CCO)NC(=O)c1ccc(Br)cc1S. The third kappa shape index (κ3) is 3.81. The number of thiol groups is 1. The minimum atomic E-state index is -0.168. The van der Waals surface area contributed by atoms with E-state index in [1.54, 1.807) is 18.2 Å². The van der Waals surface area contributed by atoms with Crippen molar-refractivity contribution in [3.05, 3.63) is 28.2 Å². The van der Waals surface area contributed by atoms with Crippen LogP contribution >= 0.6 is 28.6 Å². The van der Waals surface area contributed by atoms with Gasteiger partial charge in [-0.15, -0.1) is 12.6 Å². The summed E-state index contributed by atoms with van der Waals surface area (Å²) in [7, 11) is 0. The Bertz CT molecular complexity index is 384. The van der Waals surface area contributed by atoms with Gasteiger partial charge in [-0.1, -0.05) is 15.9 Å². The monoisotopic (exact) mass is 303 g/mol. The minimum Gasteiger partial charge on any atom is -0.396 e. The summed E-state index contributed by atoms with van der Waals surface area (Å²) in [6.45, 7) is 1.92. The molecule has 1 rings (SSSR count). The molecule has 0 saturated carbocycles. The number of halogens is 1. The van der Waals surface area contributed by atoms with Crippen LogP contribution in [0.1, 0.15) is 23.7 Å². The molecule has 0 aliphatic carbocycles. The van der Waals surface area contributed by atoms with E-state index in [2.05, 4.69) is 33.9 Å². The van der Waals surface area contributed by atoms with Crippen LogP contribution in [0, 0.1) is 0 Å². The van der Waals surface area contributed by atoms with E-state index in [1.807, 2.05) is 6.92 Å². The van der Waals surface area contributed by atoms with Crippen molar-refractivity contribution in [1.82, 2.24) is 5.32 Å². The number of hydrogen-bond donors (Lipinski definition) is 3. The van der Waals surface area contributed by atoms with Gasteiger partial charge < -0.3 is 10.4 Å². The molecule has 0 radical (unpaired) electrons. The number of nitrogens with one attached hydrogen (secondary N) is 1. The maximum atomic E-state index is 11.8. The Morgan fingerprint density at radius 2 is 2.31 bits per heavy atom. The zero-order chi connectivity index (χ0) is 12.1. The average Bonchev–Trinajstić information content (AvgIpc) is 2.17. The summed E-state index contributed by atoms with van der Waals surface area (Å²) in [4.78, 5) is 12.4. The molecule has 2 N–H and O–H groups in total. The van der Waals surface area contributed by atoms with Crippen molar-refractivity contribution in [2.24, 2.45) is 0 Å². The van der Waals surface area contributed by atoms with Gasteiger partial charge in [0.1, 0.15) is 0 Å². The van der Waals surface area contributed by atoms with Crippen LogP contribution in [0.3, 0.4) is 0 Å². The Morgan fingerprint density at radius 3 is 2.88 bits per heavy atom. The molecular weight excluding hydrogens is 290 g/mol. The number of carbonyl (C=O) groups is 1. The maximum Gasteiger partial charge on any atom is 0.252 e. The Kier molecular flexibility index (Phi) is 5.31. The molecule has 16 heavy (non-hydrogen) atoms. The van der Waals surface area contributed by atoms with E-state index in [0.29, 0.717) is 16.9 Å². The molecule has 1 atom stereocenters. The van der Waals surface area contributed by atoms with Crippen LogP contribution in [0.4, 0.5) is 0 Å². The summed E-state index contributed by atoms with van der Waals surface area (Å²) in [5.41, 5.74) is 0.538. The van der Waals surface area contributed by atoms with Crippen molar-refractivity contribution in [2.75, 3.05) is 6.61 Å². The standard InChI is InChI=1S/C11H14BrNO2S/c1-7(4-5-14)13-11(15)9-3-2-8(12)6-10(9)16/h2-3,6-7,14,16H,4-5H2,1H3,(H,13,15). The molecule has 0 saturated heterocycles. The predicted molar refractivity (Wildman–Crippen MR) is 70.0 cm³/mol. The first-order valence-corrected chi connectivity index (χ1v) is 6.19. The van der Waals surface area contributed by atoms with Gasteiger partial charge in [-0.2, -0.15) is 0 Å². The van der Waals surface area contributed by atoms with Crippen LogP contribution in [0.25, 0.3) is 0 Å². The van der Waals surface area contributed by atoms with E-state index < -0.39 is 0 Å². The lowest BCUT2D eigenvalue weighted by Gasteiger charge is -2.13. The average molecular weight is 304 g/mol. The molecule has 0 aliphatic heterocycles. The van der Waals surface area contributed by atoms with E-state index in [1.165, 1.54) is 0 Å². The van der Waals surface area contributed by atoms with Gasteiger partial charge in [0.15, 0.2) is 0 Å². The highest BCUT2D eigenvalue weighted by Crippen LogP contribution is 2.19. The van der Waals surface area contributed by atoms with Crippen LogP contribution < -0.4 is 5.32 Å². The lowest BCUT2D eigenvalue weighted by Crippen LogP contribution is -2.33. The molecule has 0 aromatic heterocycles. The van der Waals surface area contributed by atoms with E-state index >= 15 is 0 Å². The molecule has 1 aromatic carbocycles. The first kappa shape index (κ1) is 13.5. The number of amides is 1. The van der Waals surface area contributed by atoms with E-state index in [4.69, 9.17) is 5.11 Å². The number of aliphatic hydroxyl groups excluding tert-OH is 1. The zero-order valence-electron chi connectivity index (χ0n) is 8.90. The molecule has 88 valence electrons. The highest BCUT2D eigenvalue weighted by molar-refractivity contribution is 9.10. The molecule has 1 unspecified atom stereocenters. The van der Waals surface area contributed by atoms with Gasteiger partial charge in [-0.05, 0) is 31.5 Å². The highest BCUT2D eigenvalue weighted by Gasteiger charge is 2.12. The summed E-state index contributed by atoms with van der Waals surface area (Å²) in [5, 5.41) is 11.5. The Labute approximate surface area is 109 Å². The zero-order valence-corrected chi connectivity index (χ0v) is 11.4. The highest BCUT2D eigenvalue weighted by atomic mass is 79.9. The van der Waals surface area contributed by atoms with E-state index in [0.717, 1.165) is 4.47 Å². The molecule has 0 spiro atoms. The van der Waals surface area contributed by atoms with Crippen LogP contribution in [-0.4, -0.2) is 23.7 Å². The van der Waals surface area contributed by atoms with Gasteiger partial charge in [0, 0.05) is 22.0 Å². The molecule has 1 aromatic rings. The molecule has 0 aliphatic rings. The maximum absolute atomic E-state index is 11.8. The summed E-state index contributed by atoms with van der Waals surface area (Å²) in [6, 6.07) is 5.24. The predicted octanol–water partition coefficient (Wildman–Crippen LogP) is 2.24. The lowest BCUT2D eigenvalue weighted by molar-refractivity contribution is 0.0931. The fraction of sp³-hybridized carbons (Fsp3) is 0.364. The number of benzene rings is 1. The van der Waals surface area contributed by atoms with Crippen molar-refractivity contribution >= 4 is 34.5 Å². The Hall–Kier alpha value is -0.520. The molecule has 5 heteroatoms. The second kappa shape index (κ2) is 6.27. The van der Waals surface area contributed by atoms with Gasteiger partial charge in [-0.3, -0.25) is 4.79 Å². The van der Waals surface area contributed by atoms with Crippen LogP contribution in [0.2, 0.25) is 0 Å². The van der Waals surface area contributed by atoms with E-state index in [-0.39, 0.29) is 18.6 Å². The van der Waals surface area contributed by atoms with Gasteiger partial charge in [0.05, 0.1) is 5.56 Å². The first-order chi connectivity index (χ1) is 7.54. The number of carbonyl (C=O) groups excluding carboxylic acids is 1. The van der Waals surface area contributed by atoms with Gasteiger partial charge >= 0.3 is 0 Å².